The number of amides is 1. The van der Waals surface area contributed by atoms with Gasteiger partial charge in [0.25, 0.3) is 0 Å². The van der Waals surface area contributed by atoms with Gasteiger partial charge in [-0.25, -0.2) is 0 Å². The van der Waals surface area contributed by atoms with Gasteiger partial charge in [0.1, 0.15) is 0 Å². The minimum atomic E-state index is -0.0993. The van der Waals surface area contributed by atoms with Crippen LogP contribution in [-0.4, -0.2) is 44.7 Å². The number of rotatable bonds is 5. The van der Waals surface area contributed by atoms with Gasteiger partial charge in [-0.15, -0.1) is 0 Å². The summed E-state index contributed by atoms with van der Waals surface area (Å²) in [6, 6.07) is 7.70. The number of aryl methyl sites for hydroxylation is 1. The summed E-state index contributed by atoms with van der Waals surface area (Å²) < 4.78 is 1.73. The number of carbonyl (C=O) groups is 1. The number of nitrogens with zero attached hydrogens (tertiary/aromatic N) is 5. The molecular formula is C17H23N5O. The molecule has 1 atom stereocenters. The molecule has 3 rings (SSSR count). The second-order valence-corrected chi connectivity index (χ2v) is 5.88. The lowest BCUT2D eigenvalue weighted by atomic mass is 10.0. The van der Waals surface area contributed by atoms with Crippen LogP contribution in [0.5, 0.6) is 0 Å². The molecule has 3 heterocycles. The Morgan fingerprint density at radius 2 is 2.22 bits per heavy atom. The van der Waals surface area contributed by atoms with Gasteiger partial charge in [-0.3, -0.25) is 24.3 Å². The Labute approximate surface area is 136 Å². The lowest BCUT2D eigenvalue weighted by Crippen LogP contribution is -2.52. The standard InChI is InChI=1S/C17H23N5O/c1-3-21(13-14-7-4-5-10-18-14)15-8-6-11-22(17(15)23)16-9-12-20(2)19-16/h4-5,7,9-10,12,15H,3,6,8,11,13H2,1-2H3/t15-/m0/s1. The molecule has 0 radical (unpaired) electrons. The molecule has 0 unspecified atom stereocenters. The van der Waals surface area contributed by atoms with E-state index in [2.05, 4.69) is 21.9 Å². The minimum Gasteiger partial charge on any atom is -0.294 e. The monoisotopic (exact) mass is 313 g/mol. The number of pyridine rings is 1. The van der Waals surface area contributed by atoms with Gasteiger partial charge in [0.15, 0.2) is 5.82 Å². The van der Waals surface area contributed by atoms with Crippen molar-refractivity contribution in [1.82, 2.24) is 19.7 Å². The number of carbonyl (C=O) groups excluding carboxylic acids is 1. The highest BCUT2D eigenvalue weighted by Crippen LogP contribution is 2.23. The van der Waals surface area contributed by atoms with Crippen molar-refractivity contribution >= 4 is 11.7 Å². The summed E-state index contributed by atoms with van der Waals surface area (Å²) in [6.45, 7) is 4.36. The molecule has 1 aliphatic heterocycles. The molecule has 0 saturated carbocycles. The Morgan fingerprint density at radius 1 is 1.35 bits per heavy atom. The van der Waals surface area contributed by atoms with Gasteiger partial charge in [0.05, 0.1) is 11.7 Å². The molecule has 2 aromatic heterocycles. The maximum Gasteiger partial charge on any atom is 0.245 e. The van der Waals surface area contributed by atoms with Crippen LogP contribution in [0.1, 0.15) is 25.5 Å². The number of hydrogen-bond acceptors (Lipinski definition) is 4. The fourth-order valence-corrected chi connectivity index (χ4v) is 3.11. The van der Waals surface area contributed by atoms with Crippen LogP contribution in [0.3, 0.4) is 0 Å². The van der Waals surface area contributed by atoms with E-state index < -0.39 is 0 Å². The van der Waals surface area contributed by atoms with E-state index in [0.717, 1.165) is 37.4 Å². The van der Waals surface area contributed by atoms with Gasteiger partial charge >= 0.3 is 0 Å². The third kappa shape index (κ3) is 3.42. The Morgan fingerprint density at radius 3 is 2.87 bits per heavy atom. The van der Waals surface area contributed by atoms with Crippen molar-refractivity contribution < 1.29 is 4.79 Å². The van der Waals surface area contributed by atoms with Crippen molar-refractivity contribution in [2.24, 2.45) is 7.05 Å². The first-order valence-electron chi connectivity index (χ1n) is 8.14. The molecule has 0 aliphatic carbocycles. The molecule has 0 bridgehead atoms. The van der Waals surface area contributed by atoms with Gasteiger partial charge < -0.3 is 0 Å². The van der Waals surface area contributed by atoms with Gasteiger partial charge in [-0.2, -0.15) is 5.10 Å². The quantitative estimate of drug-likeness (QED) is 0.845. The predicted octanol–water partition coefficient (Wildman–Crippen LogP) is 1.83. The first-order chi connectivity index (χ1) is 11.2. The van der Waals surface area contributed by atoms with Gasteiger partial charge in [-0.1, -0.05) is 13.0 Å². The van der Waals surface area contributed by atoms with E-state index in [0.29, 0.717) is 6.54 Å². The maximum atomic E-state index is 12.9. The first-order valence-corrected chi connectivity index (χ1v) is 8.14. The molecular weight excluding hydrogens is 290 g/mol. The van der Waals surface area contributed by atoms with Crippen LogP contribution >= 0.6 is 0 Å². The van der Waals surface area contributed by atoms with E-state index in [9.17, 15) is 4.79 Å². The second kappa shape index (κ2) is 6.91. The van der Waals surface area contributed by atoms with E-state index in [1.165, 1.54) is 0 Å². The van der Waals surface area contributed by atoms with Gasteiger partial charge in [-0.05, 0) is 31.5 Å². The maximum absolute atomic E-state index is 12.9. The van der Waals surface area contributed by atoms with Gasteiger partial charge in [0.2, 0.25) is 5.91 Å². The molecule has 0 spiro atoms. The smallest absolute Gasteiger partial charge is 0.245 e. The molecule has 0 N–H and O–H groups in total. The molecule has 0 aromatic carbocycles. The Balaban J connectivity index is 1.76. The molecule has 122 valence electrons. The molecule has 6 heteroatoms. The van der Waals surface area contributed by atoms with E-state index in [1.807, 2.05) is 42.4 Å². The Kier molecular flexibility index (Phi) is 4.71. The van der Waals surface area contributed by atoms with Crippen molar-refractivity contribution in [3.05, 3.63) is 42.4 Å². The van der Waals surface area contributed by atoms with Crippen molar-refractivity contribution in [2.45, 2.75) is 32.4 Å². The highest BCUT2D eigenvalue weighted by molar-refractivity contribution is 5.97. The summed E-state index contributed by atoms with van der Waals surface area (Å²) in [7, 11) is 1.87. The van der Waals surface area contributed by atoms with Crippen LogP contribution < -0.4 is 4.90 Å². The number of piperidine rings is 1. The van der Waals surface area contributed by atoms with E-state index in [1.54, 1.807) is 10.9 Å². The number of aromatic nitrogens is 3. The zero-order valence-electron chi connectivity index (χ0n) is 13.7. The SMILES string of the molecule is CCN(Cc1ccccn1)[C@H]1CCCN(c2ccn(C)n2)C1=O. The number of likely N-dealkylation sites (N-methyl/N-ethyl adjacent to an activating group) is 1. The van der Waals surface area contributed by atoms with Crippen molar-refractivity contribution in [3.63, 3.8) is 0 Å². The summed E-state index contributed by atoms with van der Waals surface area (Å²) in [6.07, 6.45) is 5.55. The minimum absolute atomic E-state index is 0.0993. The molecule has 6 nitrogen and oxygen atoms in total. The summed E-state index contributed by atoms with van der Waals surface area (Å²) in [4.78, 5) is 21.3. The van der Waals surface area contributed by atoms with Crippen LogP contribution in [0.2, 0.25) is 0 Å². The zero-order valence-corrected chi connectivity index (χ0v) is 13.7. The molecule has 23 heavy (non-hydrogen) atoms. The predicted molar refractivity (Wildman–Crippen MR) is 88.9 cm³/mol. The average molecular weight is 313 g/mol. The highest BCUT2D eigenvalue weighted by Gasteiger charge is 2.34. The van der Waals surface area contributed by atoms with Crippen LogP contribution in [0, 0.1) is 0 Å². The summed E-state index contributed by atoms with van der Waals surface area (Å²) in [5, 5.41) is 4.38. The van der Waals surface area contributed by atoms with Crippen molar-refractivity contribution in [3.8, 4) is 0 Å². The summed E-state index contributed by atoms with van der Waals surface area (Å²) >= 11 is 0. The van der Waals surface area contributed by atoms with Crippen molar-refractivity contribution in [2.75, 3.05) is 18.0 Å². The molecule has 1 fully saturated rings. The first kappa shape index (κ1) is 15.7. The third-order valence-electron chi connectivity index (χ3n) is 4.32. The van der Waals surface area contributed by atoms with Crippen LogP contribution in [0.4, 0.5) is 5.82 Å². The Hall–Kier alpha value is -2.21. The highest BCUT2D eigenvalue weighted by atomic mass is 16.2. The van der Waals surface area contributed by atoms with E-state index in [-0.39, 0.29) is 11.9 Å². The lowest BCUT2D eigenvalue weighted by Gasteiger charge is -2.37. The molecule has 1 amide bonds. The molecule has 1 saturated heterocycles. The summed E-state index contributed by atoms with van der Waals surface area (Å²) in [5.41, 5.74) is 0.997. The molecule has 2 aromatic rings. The zero-order chi connectivity index (χ0) is 16.2. The fourth-order valence-electron chi connectivity index (χ4n) is 3.11. The van der Waals surface area contributed by atoms with E-state index in [4.69, 9.17) is 0 Å². The topological polar surface area (TPSA) is 54.3 Å². The number of anilines is 1. The van der Waals surface area contributed by atoms with Gasteiger partial charge in [0, 0.05) is 38.6 Å². The lowest BCUT2D eigenvalue weighted by molar-refractivity contribution is -0.125. The fraction of sp³-hybridized carbons (Fsp3) is 0.471. The second-order valence-electron chi connectivity index (χ2n) is 5.88. The van der Waals surface area contributed by atoms with Crippen LogP contribution in [0.15, 0.2) is 36.7 Å². The largest absolute Gasteiger partial charge is 0.294 e. The number of hydrogen-bond donors (Lipinski definition) is 0. The molecule has 1 aliphatic rings. The Bertz CT molecular complexity index is 654. The van der Waals surface area contributed by atoms with E-state index >= 15 is 0 Å². The van der Waals surface area contributed by atoms with Crippen molar-refractivity contribution in [1.29, 1.82) is 0 Å². The third-order valence-corrected chi connectivity index (χ3v) is 4.32. The van der Waals surface area contributed by atoms with Crippen LogP contribution in [-0.2, 0) is 18.4 Å². The summed E-state index contributed by atoms with van der Waals surface area (Å²) in [5.74, 6) is 0.892. The average Bonchev–Trinajstić information content (AvgIpc) is 3.00. The van der Waals surface area contributed by atoms with Crippen LogP contribution in [0.25, 0.3) is 0 Å². The normalized spacial score (nSPS) is 18.7.